The van der Waals surface area contributed by atoms with E-state index in [0.29, 0.717) is 13.0 Å². The second kappa shape index (κ2) is 8.46. The van der Waals surface area contributed by atoms with Gasteiger partial charge in [0.15, 0.2) is 0 Å². The van der Waals surface area contributed by atoms with Crippen molar-refractivity contribution in [1.29, 1.82) is 5.26 Å². The van der Waals surface area contributed by atoms with Crippen LogP contribution < -0.4 is 16.0 Å². The molecule has 2 aromatic rings. The fraction of sp³-hybridized carbons (Fsp3) is 0.348. The van der Waals surface area contributed by atoms with Crippen LogP contribution in [0.4, 0.5) is 0 Å². The molecule has 0 aliphatic carbocycles. The van der Waals surface area contributed by atoms with Crippen molar-refractivity contribution in [3.63, 3.8) is 0 Å². The first-order valence-electron chi connectivity index (χ1n) is 10.1. The van der Waals surface area contributed by atoms with Gasteiger partial charge in [-0.2, -0.15) is 5.26 Å². The lowest BCUT2D eigenvalue weighted by atomic mass is 9.98. The highest BCUT2D eigenvalue weighted by Crippen LogP contribution is 2.25. The third-order valence-corrected chi connectivity index (χ3v) is 5.62. The van der Waals surface area contributed by atoms with E-state index >= 15 is 0 Å². The summed E-state index contributed by atoms with van der Waals surface area (Å²) in [7, 11) is 0. The second-order valence-electron chi connectivity index (χ2n) is 7.65. The van der Waals surface area contributed by atoms with Crippen molar-refractivity contribution in [2.24, 2.45) is 0 Å². The van der Waals surface area contributed by atoms with Gasteiger partial charge in [0.2, 0.25) is 5.91 Å². The monoisotopic (exact) mass is 388 g/mol. The van der Waals surface area contributed by atoms with Gasteiger partial charge in [0.05, 0.1) is 12.1 Å². The largest absolute Gasteiger partial charge is 0.348 e. The highest BCUT2D eigenvalue weighted by atomic mass is 16.2. The van der Waals surface area contributed by atoms with Crippen molar-refractivity contribution < 1.29 is 9.59 Å². The molecule has 0 saturated carbocycles. The standard InChI is InChI=1S/C23H24N4O2/c24-13-19(27-23(29)21-3-1-2-10-25-21)11-15-4-6-16(7-5-15)17-8-9-20-18(12-17)14-26-22(20)28/h4-9,12,19,21,25H,1-3,10-11,14H2,(H,26,28)(H,27,29)/t19-,21?/m0/s1. The van der Waals surface area contributed by atoms with Gasteiger partial charge in [-0.25, -0.2) is 0 Å². The molecular formula is C23H24N4O2. The van der Waals surface area contributed by atoms with Crippen molar-refractivity contribution in [2.45, 2.75) is 44.3 Å². The summed E-state index contributed by atoms with van der Waals surface area (Å²) in [6.07, 6.45) is 3.42. The summed E-state index contributed by atoms with van der Waals surface area (Å²) in [6.45, 7) is 1.42. The van der Waals surface area contributed by atoms with Gasteiger partial charge >= 0.3 is 0 Å². The van der Waals surface area contributed by atoms with Gasteiger partial charge in [0, 0.05) is 18.5 Å². The molecule has 29 heavy (non-hydrogen) atoms. The molecule has 0 aromatic heterocycles. The van der Waals surface area contributed by atoms with Gasteiger partial charge < -0.3 is 16.0 Å². The Kier molecular flexibility index (Phi) is 5.59. The van der Waals surface area contributed by atoms with Crippen molar-refractivity contribution in [1.82, 2.24) is 16.0 Å². The number of carbonyl (C=O) groups excluding carboxylic acids is 2. The SMILES string of the molecule is N#C[C@H](Cc1ccc(-c2ccc3c(c2)CNC3=O)cc1)NC(=O)C1CCCCN1. The normalized spacial score (nSPS) is 19.0. The van der Waals surface area contributed by atoms with Crippen molar-refractivity contribution in [3.8, 4) is 17.2 Å². The van der Waals surface area contributed by atoms with E-state index in [1.165, 1.54) is 0 Å². The van der Waals surface area contributed by atoms with Crippen LogP contribution in [0.5, 0.6) is 0 Å². The minimum absolute atomic E-state index is 0.0186. The van der Waals surface area contributed by atoms with Crippen molar-refractivity contribution in [2.75, 3.05) is 6.54 Å². The Balaban J connectivity index is 1.40. The number of carbonyl (C=O) groups is 2. The zero-order valence-electron chi connectivity index (χ0n) is 16.2. The van der Waals surface area contributed by atoms with Crippen LogP contribution in [0.3, 0.4) is 0 Å². The summed E-state index contributed by atoms with van der Waals surface area (Å²) in [5.74, 6) is -0.107. The molecule has 6 nitrogen and oxygen atoms in total. The van der Waals surface area contributed by atoms with E-state index in [1.54, 1.807) is 0 Å². The van der Waals surface area contributed by atoms with E-state index in [0.717, 1.165) is 53.6 Å². The molecule has 0 radical (unpaired) electrons. The van der Waals surface area contributed by atoms with Gasteiger partial charge in [-0.3, -0.25) is 9.59 Å². The maximum atomic E-state index is 12.4. The van der Waals surface area contributed by atoms with Gasteiger partial charge in [0.25, 0.3) is 5.91 Å². The first-order valence-corrected chi connectivity index (χ1v) is 10.1. The molecule has 2 aliphatic rings. The van der Waals surface area contributed by atoms with E-state index < -0.39 is 6.04 Å². The van der Waals surface area contributed by atoms with Crippen LogP contribution in [0.1, 0.15) is 40.7 Å². The lowest BCUT2D eigenvalue weighted by Gasteiger charge is -2.23. The number of hydrogen-bond acceptors (Lipinski definition) is 4. The quantitative estimate of drug-likeness (QED) is 0.733. The van der Waals surface area contributed by atoms with E-state index in [9.17, 15) is 14.9 Å². The first kappa shape index (κ1) is 19.2. The highest BCUT2D eigenvalue weighted by molar-refractivity contribution is 5.98. The average molecular weight is 388 g/mol. The summed E-state index contributed by atoms with van der Waals surface area (Å²) in [4.78, 5) is 24.1. The van der Waals surface area contributed by atoms with E-state index in [2.05, 4.69) is 22.0 Å². The number of nitrogens with one attached hydrogen (secondary N) is 3. The Hall–Kier alpha value is -3.17. The zero-order valence-corrected chi connectivity index (χ0v) is 16.2. The van der Waals surface area contributed by atoms with Crippen LogP contribution in [-0.4, -0.2) is 30.4 Å². The van der Waals surface area contributed by atoms with Crippen LogP contribution >= 0.6 is 0 Å². The molecule has 0 spiro atoms. The molecule has 1 unspecified atom stereocenters. The number of fused-ring (bicyclic) bond motifs is 1. The van der Waals surface area contributed by atoms with E-state index in [4.69, 9.17) is 0 Å². The maximum absolute atomic E-state index is 12.4. The number of rotatable bonds is 5. The molecule has 0 bridgehead atoms. The maximum Gasteiger partial charge on any atom is 0.251 e. The number of nitriles is 1. The van der Waals surface area contributed by atoms with Crippen LogP contribution in [0.25, 0.3) is 11.1 Å². The molecule has 3 N–H and O–H groups in total. The number of benzene rings is 2. The van der Waals surface area contributed by atoms with Gasteiger partial charge in [-0.15, -0.1) is 0 Å². The molecule has 6 heteroatoms. The van der Waals surface area contributed by atoms with Gasteiger partial charge in [0.1, 0.15) is 6.04 Å². The zero-order chi connectivity index (χ0) is 20.2. The number of nitrogens with zero attached hydrogens (tertiary/aromatic N) is 1. The molecule has 4 rings (SSSR count). The lowest BCUT2D eigenvalue weighted by molar-refractivity contribution is -0.124. The minimum atomic E-state index is -0.547. The smallest absolute Gasteiger partial charge is 0.251 e. The Morgan fingerprint density at radius 3 is 2.69 bits per heavy atom. The molecule has 2 aliphatic heterocycles. The predicted octanol–water partition coefficient (Wildman–Crippen LogP) is 2.29. The Bertz CT molecular complexity index is 956. The molecule has 2 heterocycles. The van der Waals surface area contributed by atoms with Crippen LogP contribution in [0, 0.1) is 11.3 Å². The highest BCUT2D eigenvalue weighted by Gasteiger charge is 2.23. The molecule has 2 atom stereocenters. The fourth-order valence-corrected chi connectivity index (χ4v) is 3.96. The van der Waals surface area contributed by atoms with E-state index in [1.807, 2.05) is 42.5 Å². The number of piperidine rings is 1. The Labute approximate surface area is 170 Å². The summed E-state index contributed by atoms with van der Waals surface area (Å²) in [5.41, 5.74) is 4.86. The Morgan fingerprint density at radius 1 is 1.17 bits per heavy atom. The first-order chi connectivity index (χ1) is 14.1. The summed E-state index contributed by atoms with van der Waals surface area (Å²) >= 11 is 0. The third kappa shape index (κ3) is 4.30. The van der Waals surface area contributed by atoms with Crippen LogP contribution in [0.15, 0.2) is 42.5 Å². The van der Waals surface area contributed by atoms with Crippen LogP contribution in [0.2, 0.25) is 0 Å². The summed E-state index contributed by atoms with van der Waals surface area (Å²) < 4.78 is 0. The number of hydrogen-bond donors (Lipinski definition) is 3. The molecule has 148 valence electrons. The summed E-state index contributed by atoms with van der Waals surface area (Å²) in [6, 6.07) is 15.3. The van der Waals surface area contributed by atoms with Crippen LogP contribution in [-0.2, 0) is 17.8 Å². The summed E-state index contributed by atoms with van der Waals surface area (Å²) in [5, 5.41) is 18.4. The molecule has 1 saturated heterocycles. The topological polar surface area (TPSA) is 94.0 Å². The predicted molar refractivity (Wildman–Crippen MR) is 110 cm³/mol. The van der Waals surface area contributed by atoms with Gasteiger partial charge in [-0.05, 0) is 53.8 Å². The fourth-order valence-electron chi connectivity index (χ4n) is 3.96. The Morgan fingerprint density at radius 2 is 1.97 bits per heavy atom. The minimum Gasteiger partial charge on any atom is -0.348 e. The molecule has 1 fully saturated rings. The molecule has 2 amide bonds. The van der Waals surface area contributed by atoms with Crippen molar-refractivity contribution >= 4 is 11.8 Å². The van der Waals surface area contributed by atoms with Crippen molar-refractivity contribution in [3.05, 3.63) is 59.2 Å². The molecule has 2 aromatic carbocycles. The lowest BCUT2D eigenvalue weighted by Crippen LogP contribution is -2.49. The second-order valence-corrected chi connectivity index (χ2v) is 7.65. The number of amides is 2. The van der Waals surface area contributed by atoms with E-state index in [-0.39, 0.29) is 17.9 Å². The van der Waals surface area contributed by atoms with Gasteiger partial charge in [-0.1, -0.05) is 36.8 Å². The molecular weight excluding hydrogens is 364 g/mol. The third-order valence-electron chi connectivity index (χ3n) is 5.62. The average Bonchev–Trinajstić information content (AvgIpc) is 3.14.